The average Bonchev–Trinajstić information content (AvgIpc) is 2.27. The Kier molecular flexibility index (Phi) is 5.35. The van der Waals surface area contributed by atoms with Crippen molar-refractivity contribution in [2.45, 2.75) is 6.92 Å². The van der Waals surface area contributed by atoms with Crippen LogP contribution in [-0.4, -0.2) is 24.1 Å². The highest BCUT2D eigenvalue weighted by Gasteiger charge is 1.97. The quantitative estimate of drug-likeness (QED) is 0.560. The summed E-state index contributed by atoms with van der Waals surface area (Å²) in [6, 6.07) is 5.89. The molecule has 0 unspecified atom stereocenters. The molecule has 0 aliphatic carbocycles. The van der Waals surface area contributed by atoms with E-state index in [0.717, 1.165) is 0 Å². The van der Waals surface area contributed by atoms with Gasteiger partial charge in [-0.3, -0.25) is 4.79 Å². The third kappa shape index (κ3) is 5.82. The van der Waals surface area contributed by atoms with E-state index in [1.54, 1.807) is 12.1 Å². The minimum absolute atomic E-state index is 0.0794. The summed E-state index contributed by atoms with van der Waals surface area (Å²) in [5, 5.41) is 8.88. The van der Waals surface area contributed by atoms with Gasteiger partial charge in [0.25, 0.3) is 0 Å². The first-order chi connectivity index (χ1) is 8.08. The van der Waals surface area contributed by atoms with Crippen molar-refractivity contribution in [3.05, 3.63) is 30.1 Å². The standard InChI is InChI=1S/C11H14FN3OS/c1-8(16)13-6-7-14-11(17)15-10-4-2-9(12)3-5-10/h2-5H,6-7H2,1H3,(H,13,16)(H2,14,15,17). The largest absolute Gasteiger partial charge is 0.361 e. The van der Waals surface area contributed by atoms with Crippen LogP contribution in [0.4, 0.5) is 10.1 Å². The van der Waals surface area contributed by atoms with Crippen molar-refractivity contribution < 1.29 is 9.18 Å². The summed E-state index contributed by atoms with van der Waals surface area (Å²) in [5.41, 5.74) is 0.712. The number of halogens is 1. The molecule has 1 aromatic carbocycles. The minimum atomic E-state index is -0.292. The molecule has 0 bridgehead atoms. The number of nitrogens with one attached hydrogen (secondary N) is 3. The van der Waals surface area contributed by atoms with Crippen molar-refractivity contribution in [1.82, 2.24) is 10.6 Å². The Balaban J connectivity index is 2.25. The van der Waals surface area contributed by atoms with Crippen molar-refractivity contribution in [2.24, 2.45) is 0 Å². The summed E-state index contributed by atoms with van der Waals surface area (Å²) in [6.45, 7) is 2.49. The highest BCUT2D eigenvalue weighted by Crippen LogP contribution is 2.07. The van der Waals surface area contributed by atoms with Crippen LogP contribution in [0.5, 0.6) is 0 Å². The number of hydrogen-bond donors (Lipinski definition) is 3. The molecular formula is C11H14FN3OS. The maximum Gasteiger partial charge on any atom is 0.216 e. The predicted molar refractivity (Wildman–Crippen MR) is 69.3 cm³/mol. The van der Waals surface area contributed by atoms with Gasteiger partial charge in [0, 0.05) is 25.7 Å². The lowest BCUT2D eigenvalue weighted by Crippen LogP contribution is -2.35. The zero-order chi connectivity index (χ0) is 12.7. The number of carbonyl (C=O) groups excluding carboxylic acids is 1. The van der Waals surface area contributed by atoms with Gasteiger partial charge < -0.3 is 16.0 Å². The van der Waals surface area contributed by atoms with E-state index in [1.807, 2.05) is 0 Å². The molecule has 0 atom stereocenters. The van der Waals surface area contributed by atoms with Crippen molar-refractivity contribution in [2.75, 3.05) is 18.4 Å². The summed E-state index contributed by atoms with van der Waals surface area (Å²) in [4.78, 5) is 10.6. The van der Waals surface area contributed by atoms with Crippen LogP contribution >= 0.6 is 12.2 Å². The molecule has 0 heterocycles. The fraction of sp³-hybridized carbons (Fsp3) is 0.273. The number of rotatable bonds is 4. The van der Waals surface area contributed by atoms with E-state index in [4.69, 9.17) is 12.2 Å². The van der Waals surface area contributed by atoms with Gasteiger partial charge in [0.05, 0.1) is 0 Å². The van der Waals surface area contributed by atoms with Gasteiger partial charge in [-0.1, -0.05) is 0 Å². The van der Waals surface area contributed by atoms with E-state index in [-0.39, 0.29) is 11.7 Å². The lowest BCUT2D eigenvalue weighted by molar-refractivity contribution is -0.118. The third-order valence-corrected chi connectivity index (χ3v) is 2.13. The Labute approximate surface area is 105 Å². The first kappa shape index (κ1) is 13.4. The van der Waals surface area contributed by atoms with Crippen LogP contribution in [0.25, 0.3) is 0 Å². The van der Waals surface area contributed by atoms with Crippen LogP contribution in [0, 0.1) is 5.82 Å². The molecule has 0 fully saturated rings. The van der Waals surface area contributed by atoms with Crippen molar-refractivity contribution in [1.29, 1.82) is 0 Å². The Bertz CT molecular complexity index is 394. The Morgan fingerprint density at radius 3 is 2.41 bits per heavy atom. The molecule has 0 radical (unpaired) electrons. The van der Waals surface area contributed by atoms with Gasteiger partial charge in [-0.15, -0.1) is 0 Å². The molecule has 0 aliphatic rings. The Morgan fingerprint density at radius 1 is 1.24 bits per heavy atom. The van der Waals surface area contributed by atoms with E-state index in [1.165, 1.54) is 19.1 Å². The second-order valence-electron chi connectivity index (χ2n) is 3.37. The monoisotopic (exact) mass is 255 g/mol. The molecule has 0 saturated heterocycles. The molecule has 92 valence electrons. The van der Waals surface area contributed by atoms with Crippen LogP contribution in [0.3, 0.4) is 0 Å². The molecule has 1 aromatic rings. The van der Waals surface area contributed by atoms with Gasteiger partial charge >= 0.3 is 0 Å². The molecule has 0 aliphatic heterocycles. The second kappa shape index (κ2) is 6.80. The SMILES string of the molecule is CC(=O)NCCNC(=S)Nc1ccc(F)cc1. The lowest BCUT2D eigenvalue weighted by Gasteiger charge is -2.10. The molecule has 0 saturated carbocycles. The van der Waals surface area contributed by atoms with Crippen molar-refractivity contribution in [3.8, 4) is 0 Å². The molecule has 0 spiro atoms. The first-order valence-corrected chi connectivity index (χ1v) is 5.53. The third-order valence-electron chi connectivity index (χ3n) is 1.89. The number of hydrogen-bond acceptors (Lipinski definition) is 2. The topological polar surface area (TPSA) is 53.2 Å². The lowest BCUT2D eigenvalue weighted by atomic mass is 10.3. The number of carbonyl (C=O) groups is 1. The molecule has 17 heavy (non-hydrogen) atoms. The van der Waals surface area contributed by atoms with Gasteiger partial charge in [-0.2, -0.15) is 0 Å². The summed E-state index contributed by atoms with van der Waals surface area (Å²) < 4.78 is 12.6. The van der Waals surface area contributed by atoms with Gasteiger partial charge in [-0.05, 0) is 36.5 Å². The van der Waals surface area contributed by atoms with Crippen molar-refractivity contribution in [3.63, 3.8) is 0 Å². The fourth-order valence-electron chi connectivity index (χ4n) is 1.12. The van der Waals surface area contributed by atoms with Gasteiger partial charge in [0.15, 0.2) is 5.11 Å². The van der Waals surface area contributed by atoms with Gasteiger partial charge in [0.2, 0.25) is 5.91 Å². The molecule has 1 rings (SSSR count). The number of benzene rings is 1. The minimum Gasteiger partial charge on any atom is -0.361 e. The van der Waals surface area contributed by atoms with E-state index < -0.39 is 0 Å². The van der Waals surface area contributed by atoms with Crippen LogP contribution in [0.1, 0.15) is 6.92 Å². The normalized spacial score (nSPS) is 9.53. The van der Waals surface area contributed by atoms with Crippen LogP contribution in [0.2, 0.25) is 0 Å². The molecule has 6 heteroatoms. The van der Waals surface area contributed by atoms with E-state index in [0.29, 0.717) is 23.9 Å². The molecule has 3 N–H and O–H groups in total. The highest BCUT2D eigenvalue weighted by atomic mass is 32.1. The van der Waals surface area contributed by atoms with E-state index in [9.17, 15) is 9.18 Å². The predicted octanol–water partition coefficient (Wildman–Crippen LogP) is 1.25. The van der Waals surface area contributed by atoms with Crippen LogP contribution in [0.15, 0.2) is 24.3 Å². The molecule has 4 nitrogen and oxygen atoms in total. The number of thiocarbonyl (C=S) groups is 1. The number of anilines is 1. The Morgan fingerprint density at radius 2 is 1.82 bits per heavy atom. The second-order valence-corrected chi connectivity index (χ2v) is 3.78. The molecule has 1 amide bonds. The van der Waals surface area contributed by atoms with Gasteiger partial charge in [-0.25, -0.2) is 4.39 Å². The number of amides is 1. The molecule has 0 aromatic heterocycles. The van der Waals surface area contributed by atoms with Crippen molar-refractivity contribution >= 4 is 28.9 Å². The van der Waals surface area contributed by atoms with Crippen LogP contribution in [-0.2, 0) is 4.79 Å². The van der Waals surface area contributed by atoms with Crippen LogP contribution < -0.4 is 16.0 Å². The summed E-state index contributed by atoms with van der Waals surface area (Å²) in [5.74, 6) is -0.371. The maximum atomic E-state index is 12.6. The average molecular weight is 255 g/mol. The summed E-state index contributed by atoms with van der Waals surface area (Å²) in [6.07, 6.45) is 0. The van der Waals surface area contributed by atoms with Gasteiger partial charge in [0.1, 0.15) is 5.82 Å². The smallest absolute Gasteiger partial charge is 0.216 e. The highest BCUT2D eigenvalue weighted by molar-refractivity contribution is 7.80. The van der Waals surface area contributed by atoms with E-state index in [2.05, 4.69) is 16.0 Å². The first-order valence-electron chi connectivity index (χ1n) is 5.13. The van der Waals surface area contributed by atoms with E-state index >= 15 is 0 Å². The zero-order valence-electron chi connectivity index (χ0n) is 9.42. The fourth-order valence-corrected chi connectivity index (χ4v) is 1.34. The molecular weight excluding hydrogens is 241 g/mol. The zero-order valence-corrected chi connectivity index (χ0v) is 10.2. The maximum absolute atomic E-state index is 12.6. The Hall–Kier alpha value is -1.69. The summed E-state index contributed by atoms with van der Waals surface area (Å²) in [7, 11) is 0. The summed E-state index contributed by atoms with van der Waals surface area (Å²) >= 11 is 5.02.